The maximum Gasteiger partial charge on any atom is 0.165 e. The summed E-state index contributed by atoms with van der Waals surface area (Å²) in [5.41, 5.74) is -0.413. The van der Waals surface area contributed by atoms with Gasteiger partial charge in [0.25, 0.3) is 0 Å². The van der Waals surface area contributed by atoms with Crippen molar-refractivity contribution in [3.8, 4) is 0 Å². The molecule has 0 radical (unpaired) electrons. The molecular weight excluding hydrogens is 242 g/mol. The highest BCUT2D eigenvalue weighted by atomic mass is 35.5. The van der Waals surface area contributed by atoms with E-state index in [0.717, 1.165) is 6.42 Å². The largest absolute Gasteiger partial charge is 0.549 e. The van der Waals surface area contributed by atoms with E-state index in [9.17, 15) is 14.7 Å². The normalized spacial score (nSPS) is 15.4. The molecule has 0 rings (SSSR count). The standard InChI is InChI=1S/C12H22ClNO3/c1-5-6-7-10(15)9(12(16)17)8-11(13)14(2,3)4/h9,11H,5-8H2,1-4H3. The van der Waals surface area contributed by atoms with E-state index in [0.29, 0.717) is 10.9 Å². The number of hydrogen-bond acceptors (Lipinski definition) is 3. The number of Topliss-reactive ketones (excluding diaryl/α,β-unsaturated/α-hetero) is 1. The number of alkyl halides is 1. The molecule has 0 heterocycles. The number of aliphatic carboxylic acids is 1. The Labute approximate surface area is 108 Å². The Morgan fingerprint density at radius 1 is 1.29 bits per heavy atom. The SMILES string of the molecule is CCCCC(=O)C(CC(Cl)[N+](C)(C)C)C(=O)[O-]. The van der Waals surface area contributed by atoms with Crippen LogP contribution in [0.25, 0.3) is 0 Å². The van der Waals surface area contributed by atoms with Gasteiger partial charge in [-0.1, -0.05) is 24.9 Å². The lowest BCUT2D eigenvalue weighted by molar-refractivity contribution is -0.883. The molecule has 0 fully saturated rings. The average Bonchev–Trinajstić information content (AvgIpc) is 2.20. The number of carboxylic acids is 1. The molecule has 5 heteroatoms. The molecule has 0 aromatic heterocycles. The van der Waals surface area contributed by atoms with Gasteiger partial charge in [0.1, 0.15) is 5.78 Å². The van der Waals surface area contributed by atoms with Crippen molar-refractivity contribution in [2.75, 3.05) is 21.1 Å². The molecule has 0 aliphatic rings. The quantitative estimate of drug-likeness (QED) is 0.281. The number of rotatable bonds is 8. The third-order valence-corrected chi connectivity index (χ3v) is 3.48. The van der Waals surface area contributed by atoms with Crippen LogP contribution >= 0.6 is 11.6 Å². The van der Waals surface area contributed by atoms with Crippen molar-refractivity contribution in [1.29, 1.82) is 0 Å². The Kier molecular flexibility index (Phi) is 6.72. The summed E-state index contributed by atoms with van der Waals surface area (Å²) in [5, 5.41) is 11.0. The molecule has 0 aromatic rings. The van der Waals surface area contributed by atoms with Gasteiger partial charge in [-0.3, -0.25) is 4.79 Å². The Morgan fingerprint density at radius 3 is 2.18 bits per heavy atom. The van der Waals surface area contributed by atoms with Crippen LogP contribution in [0.15, 0.2) is 0 Å². The number of carbonyl (C=O) groups is 2. The minimum absolute atomic E-state index is 0.121. The summed E-state index contributed by atoms with van der Waals surface area (Å²) in [6.45, 7) is 1.96. The van der Waals surface area contributed by atoms with E-state index in [1.54, 1.807) is 0 Å². The van der Waals surface area contributed by atoms with E-state index >= 15 is 0 Å². The Bertz CT molecular complexity index is 273. The zero-order chi connectivity index (χ0) is 13.6. The van der Waals surface area contributed by atoms with Crippen LogP contribution in [-0.2, 0) is 9.59 Å². The number of carbonyl (C=O) groups excluding carboxylic acids is 2. The first-order chi connectivity index (χ1) is 7.70. The minimum Gasteiger partial charge on any atom is -0.549 e. The molecule has 0 N–H and O–H groups in total. The van der Waals surface area contributed by atoms with Gasteiger partial charge in [-0.05, 0) is 6.42 Å². The lowest BCUT2D eigenvalue weighted by Crippen LogP contribution is -2.46. The van der Waals surface area contributed by atoms with E-state index < -0.39 is 17.4 Å². The van der Waals surface area contributed by atoms with Crippen LogP contribution in [0.2, 0.25) is 0 Å². The van der Waals surface area contributed by atoms with Crippen LogP contribution in [0, 0.1) is 5.92 Å². The van der Waals surface area contributed by atoms with Crippen molar-refractivity contribution < 1.29 is 19.2 Å². The maximum atomic E-state index is 11.7. The molecule has 100 valence electrons. The predicted molar refractivity (Wildman–Crippen MR) is 65.3 cm³/mol. The first-order valence-corrected chi connectivity index (χ1v) is 6.32. The van der Waals surface area contributed by atoms with Crippen LogP contribution in [0.3, 0.4) is 0 Å². The number of ketones is 1. The average molecular weight is 264 g/mol. The summed E-state index contributed by atoms with van der Waals surface area (Å²) in [6, 6.07) is 0. The number of halogens is 1. The summed E-state index contributed by atoms with van der Waals surface area (Å²) in [6.07, 6.45) is 1.98. The monoisotopic (exact) mass is 263 g/mol. The van der Waals surface area contributed by atoms with Crippen LogP contribution in [0.1, 0.15) is 32.6 Å². The molecule has 4 nitrogen and oxygen atoms in total. The zero-order valence-corrected chi connectivity index (χ0v) is 11.8. The second-order valence-corrected chi connectivity index (χ2v) is 5.73. The van der Waals surface area contributed by atoms with Crippen LogP contribution in [-0.4, -0.2) is 42.9 Å². The van der Waals surface area contributed by atoms with Crippen molar-refractivity contribution in [3.63, 3.8) is 0 Å². The molecule has 0 amide bonds. The summed E-state index contributed by atoms with van der Waals surface area (Å²) in [4.78, 5) is 22.7. The van der Waals surface area contributed by atoms with Gasteiger partial charge in [-0.15, -0.1) is 0 Å². The van der Waals surface area contributed by atoms with E-state index in [1.165, 1.54) is 0 Å². The molecule has 0 aliphatic carbocycles. The van der Waals surface area contributed by atoms with Gasteiger partial charge in [0, 0.05) is 12.8 Å². The van der Waals surface area contributed by atoms with Crippen LogP contribution < -0.4 is 5.11 Å². The molecule has 0 aliphatic heterocycles. The van der Waals surface area contributed by atoms with Crippen LogP contribution in [0.4, 0.5) is 0 Å². The molecule has 0 saturated heterocycles. The Morgan fingerprint density at radius 2 is 1.82 bits per heavy atom. The van der Waals surface area contributed by atoms with Gasteiger partial charge in [0.15, 0.2) is 5.50 Å². The molecular formula is C12H22ClNO3. The first kappa shape index (κ1) is 16.4. The number of quaternary nitrogens is 1. The minimum atomic E-state index is -1.31. The van der Waals surface area contributed by atoms with E-state index in [1.807, 2.05) is 28.1 Å². The highest BCUT2D eigenvalue weighted by molar-refractivity contribution is 6.20. The zero-order valence-electron chi connectivity index (χ0n) is 11.0. The van der Waals surface area contributed by atoms with Gasteiger partial charge in [-0.2, -0.15) is 0 Å². The van der Waals surface area contributed by atoms with E-state index in [2.05, 4.69) is 0 Å². The third-order valence-electron chi connectivity index (χ3n) is 2.72. The number of nitrogens with zero attached hydrogens (tertiary/aromatic N) is 1. The summed E-state index contributed by atoms with van der Waals surface area (Å²) in [7, 11) is 5.58. The van der Waals surface area contributed by atoms with Crippen molar-refractivity contribution in [3.05, 3.63) is 0 Å². The maximum absolute atomic E-state index is 11.7. The Hall–Kier alpha value is -0.610. The molecule has 0 saturated carbocycles. The summed E-state index contributed by atoms with van der Waals surface area (Å²) in [5.74, 6) is -2.67. The molecule has 17 heavy (non-hydrogen) atoms. The lowest BCUT2D eigenvalue weighted by atomic mass is 9.96. The molecule has 0 bridgehead atoms. The van der Waals surface area contributed by atoms with Gasteiger partial charge in [0.05, 0.1) is 33.0 Å². The molecule has 0 aromatic carbocycles. The number of carboxylic acid groups (broad SMARTS) is 1. The number of hydrogen-bond donors (Lipinski definition) is 0. The lowest BCUT2D eigenvalue weighted by Gasteiger charge is -2.31. The molecule has 2 unspecified atom stereocenters. The van der Waals surface area contributed by atoms with Crippen molar-refractivity contribution >= 4 is 23.4 Å². The first-order valence-electron chi connectivity index (χ1n) is 5.88. The highest BCUT2D eigenvalue weighted by Crippen LogP contribution is 2.20. The summed E-state index contributed by atoms with van der Waals surface area (Å²) < 4.78 is 0.409. The van der Waals surface area contributed by atoms with Gasteiger partial charge in [0.2, 0.25) is 0 Å². The van der Waals surface area contributed by atoms with Gasteiger partial charge < -0.3 is 14.4 Å². The fraction of sp³-hybridized carbons (Fsp3) is 0.833. The van der Waals surface area contributed by atoms with Gasteiger partial charge >= 0.3 is 0 Å². The van der Waals surface area contributed by atoms with E-state index in [-0.39, 0.29) is 18.6 Å². The van der Waals surface area contributed by atoms with E-state index in [4.69, 9.17) is 11.6 Å². The van der Waals surface area contributed by atoms with Crippen molar-refractivity contribution in [2.24, 2.45) is 5.92 Å². The van der Waals surface area contributed by atoms with Crippen molar-refractivity contribution in [2.45, 2.75) is 38.1 Å². The second-order valence-electron chi connectivity index (χ2n) is 5.23. The van der Waals surface area contributed by atoms with Gasteiger partial charge in [-0.25, -0.2) is 0 Å². The topological polar surface area (TPSA) is 57.2 Å². The predicted octanol–water partition coefficient (Wildman–Crippen LogP) is 0.773. The smallest absolute Gasteiger partial charge is 0.165 e. The molecule has 0 spiro atoms. The van der Waals surface area contributed by atoms with Crippen LogP contribution in [0.5, 0.6) is 0 Å². The Balaban J connectivity index is 4.55. The summed E-state index contributed by atoms with van der Waals surface area (Å²) >= 11 is 6.10. The fourth-order valence-corrected chi connectivity index (χ4v) is 1.57. The highest BCUT2D eigenvalue weighted by Gasteiger charge is 2.29. The second kappa shape index (κ2) is 6.97. The third kappa shape index (κ3) is 6.03. The molecule has 2 atom stereocenters. The van der Waals surface area contributed by atoms with Crippen molar-refractivity contribution in [1.82, 2.24) is 0 Å². The number of unbranched alkanes of at least 4 members (excludes halogenated alkanes) is 1. The fourth-order valence-electron chi connectivity index (χ4n) is 1.40.